The van der Waals surface area contributed by atoms with Gasteiger partial charge in [0.1, 0.15) is 5.75 Å². The maximum Gasteiger partial charge on any atom is 0.194 e. The van der Waals surface area contributed by atoms with Crippen molar-refractivity contribution < 1.29 is 14.3 Å². The van der Waals surface area contributed by atoms with Crippen molar-refractivity contribution in [1.82, 2.24) is 4.90 Å². The molecule has 1 saturated heterocycles. The van der Waals surface area contributed by atoms with Crippen molar-refractivity contribution in [3.05, 3.63) is 70.3 Å². The number of hydrogen-bond acceptors (Lipinski definition) is 4. The highest BCUT2D eigenvalue weighted by molar-refractivity contribution is 6.30. The smallest absolute Gasteiger partial charge is 0.194 e. The van der Waals surface area contributed by atoms with Gasteiger partial charge in [-0.05, 0) is 24.3 Å². The van der Waals surface area contributed by atoms with Gasteiger partial charge in [0.2, 0.25) is 0 Å². The summed E-state index contributed by atoms with van der Waals surface area (Å²) in [6, 6.07) is 14.8. The van der Waals surface area contributed by atoms with Gasteiger partial charge >= 0.3 is 0 Å². The SMILES string of the molecule is O=C(C1=Cc2cc(Cl)ccc2OC1N1CCOCC1)c1ccccc1. The highest BCUT2D eigenvalue weighted by atomic mass is 35.5. The first-order valence-corrected chi connectivity index (χ1v) is 8.69. The first-order valence-electron chi connectivity index (χ1n) is 8.32. The van der Waals surface area contributed by atoms with Crippen LogP contribution in [0.5, 0.6) is 5.75 Å². The number of nitrogens with zero attached hydrogens (tertiary/aromatic N) is 1. The van der Waals surface area contributed by atoms with Crippen LogP contribution in [0, 0.1) is 0 Å². The van der Waals surface area contributed by atoms with Gasteiger partial charge in [0, 0.05) is 29.2 Å². The molecule has 0 radical (unpaired) electrons. The van der Waals surface area contributed by atoms with Crippen LogP contribution in [-0.4, -0.2) is 43.2 Å². The first-order chi connectivity index (χ1) is 12.2. The maximum atomic E-state index is 13.1. The lowest BCUT2D eigenvalue weighted by Crippen LogP contribution is -2.49. The molecule has 4 rings (SSSR count). The van der Waals surface area contributed by atoms with Crippen molar-refractivity contribution in [3.8, 4) is 5.75 Å². The molecule has 0 amide bonds. The Hall–Kier alpha value is -2.14. The summed E-state index contributed by atoms with van der Waals surface area (Å²) in [5, 5.41) is 0.620. The number of ether oxygens (including phenoxy) is 2. The number of benzene rings is 2. The van der Waals surface area contributed by atoms with Crippen molar-refractivity contribution in [2.75, 3.05) is 26.3 Å². The molecule has 0 bridgehead atoms. The Morgan fingerprint density at radius 2 is 1.84 bits per heavy atom. The van der Waals surface area contributed by atoms with Crippen LogP contribution < -0.4 is 4.74 Å². The normalized spacial score (nSPS) is 20.4. The van der Waals surface area contributed by atoms with E-state index < -0.39 is 6.23 Å². The summed E-state index contributed by atoms with van der Waals surface area (Å²) in [5.74, 6) is 0.716. The minimum absolute atomic E-state index is 0.0253. The number of halogens is 1. The van der Waals surface area contributed by atoms with Crippen LogP contribution in [-0.2, 0) is 4.74 Å². The predicted octanol–water partition coefficient (Wildman–Crippen LogP) is 3.66. The van der Waals surface area contributed by atoms with E-state index in [9.17, 15) is 4.79 Å². The summed E-state index contributed by atoms with van der Waals surface area (Å²) in [6.45, 7) is 2.74. The number of carbonyl (C=O) groups excluding carboxylic acids is 1. The van der Waals surface area contributed by atoms with Crippen LogP contribution in [0.1, 0.15) is 15.9 Å². The van der Waals surface area contributed by atoms with Gasteiger partial charge in [-0.2, -0.15) is 0 Å². The Kier molecular flexibility index (Phi) is 4.57. The van der Waals surface area contributed by atoms with E-state index in [4.69, 9.17) is 21.1 Å². The number of Topliss-reactive ketones (excluding diaryl/α,β-unsaturated/α-hetero) is 1. The van der Waals surface area contributed by atoms with E-state index in [0.29, 0.717) is 29.4 Å². The molecule has 0 aromatic heterocycles. The zero-order chi connectivity index (χ0) is 17.2. The number of carbonyl (C=O) groups is 1. The lowest BCUT2D eigenvalue weighted by Gasteiger charge is -2.37. The fourth-order valence-electron chi connectivity index (χ4n) is 3.18. The van der Waals surface area contributed by atoms with E-state index in [1.807, 2.05) is 48.5 Å². The second-order valence-electron chi connectivity index (χ2n) is 6.10. The van der Waals surface area contributed by atoms with Gasteiger partial charge in [-0.15, -0.1) is 0 Å². The minimum atomic E-state index is -0.412. The van der Waals surface area contributed by atoms with Gasteiger partial charge in [0.25, 0.3) is 0 Å². The van der Waals surface area contributed by atoms with E-state index in [-0.39, 0.29) is 5.78 Å². The number of rotatable bonds is 3. The molecule has 2 aliphatic heterocycles. The summed E-state index contributed by atoms with van der Waals surface area (Å²) >= 11 is 6.11. The number of ketones is 1. The first kappa shape index (κ1) is 16.3. The summed E-state index contributed by atoms with van der Waals surface area (Å²) in [4.78, 5) is 15.3. The molecule has 2 aromatic carbocycles. The highest BCUT2D eigenvalue weighted by Gasteiger charge is 2.33. The molecule has 1 atom stereocenters. The summed E-state index contributed by atoms with van der Waals surface area (Å²) in [6.07, 6.45) is 1.49. The predicted molar refractivity (Wildman–Crippen MR) is 97.0 cm³/mol. The molecule has 1 unspecified atom stereocenters. The second-order valence-corrected chi connectivity index (χ2v) is 6.53. The molecule has 1 fully saturated rings. The van der Waals surface area contributed by atoms with Crippen molar-refractivity contribution in [2.24, 2.45) is 0 Å². The van der Waals surface area contributed by atoms with Gasteiger partial charge < -0.3 is 9.47 Å². The largest absolute Gasteiger partial charge is 0.470 e. The number of hydrogen-bond donors (Lipinski definition) is 0. The zero-order valence-electron chi connectivity index (χ0n) is 13.7. The number of morpholine rings is 1. The van der Waals surface area contributed by atoms with Gasteiger partial charge in [-0.25, -0.2) is 0 Å². The highest BCUT2D eigenvalue weighted by Crippen LogP contribution is 2.34. The van der Waals surface area contributed by atoms with E-state index in [1.54, 1.807) is 6.07 Å². The van der Waals surface area contributed by atoms with Crippen molar-refractivity contribution in [2.45, 2.75) is 6.23 Å². The third-order valence-corrected chi connectivity index (χ3v) is 4.70. The van der Waals surface area contributed by atoms with Crippen molar-refractivity contribution >= 4 is 23.5 Å². The minimum Gasteiger partial charge on any atom is -0.470 e. The fourth-order valence-corrected chi connectivity index (χ4v) is 3.36. The Morgan fingerprint density at radius 3 is 2.60 bits per heavy atom. The Morgan fingerprint density at radius 1 is 1.08 bits per heavy atom. The monoisotopic (exact) mass is 355 g/mol. The molecule has 0 aliphatic carbocycles. The van der Waals surface area contributed by atoms with Gasteiger partial charge in [0.05, 0.1) is 18.8 Å². The average Bonchev–Trinajstić information content (AvgIpc) is 2.67. The quantitative estimate of drug-likeness (QED) is 0.788. The molecule has 2 aliphatic rings. The van der Waals surface area contributed by atoms with Crippen molar-refractivity contribution in [3.63, 3.8) is 0 Å². The molecule has 2 heterocycles. The topological polar surface area (TPSA) is 38.8 Å². The summed E-state index contributed by atoms with van der Waals surface area (Å²) in [5.41, 5.74) is 2.11. The van der Waals surface area contributed by atoms with E-state index in [2.05, 4.69) is 4.90 Å². The Labute approximate surface area is 151 Å². The molecule has 0 saturated carbocycles. The molecule has 0 N–H and O–H groups in total. The van der Waals surface area contributed by atoms with E-state index in [0.717, 1.165) is 24.4 Å². The van der Waals surface area contributed by atoms with Crippen molar-refractivity contribution in [1.29, 1.82) is 0 Å². The van der Waals surface area contributed by atoms with E-state index >= 15 is 0 Å². The number of fused-ring (bicyclic) bond motifs is 1. The van der Waals surface area contributed by atoms with Gasteiger partial charge in [-0.1, -0.05) is 41.9 Å². The maximum absolute atomic E-state index is 13.1. The zero-order valence-corrected chi connectivity index (χ0v) is 14.4. The fraction of sp³-hybridized carbons (Fsp3) is 0.250. The molecule has 4 nitrogen and oxygen atoms in total. The average molecular weight is 356 g/mol. The second kappa shape index (κ2) is 7.00. The summed E-state index contributed by atoms with van der Waals surface area (Å²) < 4.78 is 11.6. The molecule has 0 spiro atoms. The molecule has 128 valence electrons. The standard InChI is InChI=1S/C20H18ClNO3/c21-16-6-7-18-15(12-16)13-17(19(23)14-4-2-1-3-5-14)20(25-18)22-8-10-24-11-9-22/h1-7,12-13,20H,8-11H2. The van der Waals surface area contributed by atoms with Gasteiger partial charge in [0.15, 0.2) is 12.0 Å². The molecular formula is C20H18ClNO3. The third kappa shape index (κ3) is 3.33. The van der Waals surface area contributed by atoms with Crippen LogP contribution in [0.25, 0.3) is 6.08 Å². The van der Waals surface area contributed by atoms with Crippen LogP contribution in [0.2, 0.25) is 5.02 Å². The Balaban J connectivity index is 1.75. The van der Waals surface area contributed by atoms with Crippen LogP contribution in [0.3, 0.4) is 0 Å². The third-order valence-electron chi connectivity index (χ3n) is 4.46. The molecule has 25 heavy (non-hydrogen) atoms. The van der Waals surface area contributed by atoms with E-state index in [1.165, 1.54) is 0 Å². The van der Waals surface area contributed by atoms with Crippen LogP contribution in [0.4, 0.5) is 0 Å². The lowest BCUT2D eigenvalue weighted by atomic mass is 9.96. The molecular weight excluding hydrogens is 338 g/mol. The summed E-state index contributed by atoms with van der Waals surface area (Å²) in [7, 11) is 0. The van der Waals surface area contributed by atoms with Crippen LogP contribution in [0.15, 0.2) is 54.1 Å². The van der Waals surface area contributed by atoms with Crippen LogP contribution >= 0.6 is 11.6 Å². The lowest BCUT2D eigenvalue weighted by molar-refractivity contribution is -0.0301. The molecule has 5 heteroatoms. The van der Waals surface area contributed by atoms with Gasteiger partial charge in [-0.3, -0.25) is 9.69 Å². The molecule has 2 aromatic rings. The Bertz CT molecular complexity index is 813.